The molecule has 0 bridgehead atoms. The van der Waals surface area contributed by atoms with Gasteiger partial charge in [0, 0.05) is 24.6 Å². The second-order valence-corrected chi connectivity index (χ2v) is 8.53. The molecule has 29 heavy (non-hydrogen) atoms. The second kappa shape index (κ2) is 7.72. The zero-order valence-corrected chi connectivity index (χ0v) is 17.1. The predicted octanol–water partition coefficient (Wildman–Crippen LogP) is 6.16. The summed E-state index contributed by atoms with van der Waals surface area (Å²) in [6.45, 7) is 0.846. The van der Waals surface area contributed by atoms with Gasteiger partial charge in [0.1, 0.15) is 17.1 Å². The average Bonchev–Trinajstić information content (AvgIpc) is 2.77. The number of methoxy groups -OCH3 is 1. The first-order valence-corrected chi connectivity index (χ1v) is 10.8. The highest BCUT2D eigenvalue weighted by Crippen LogP contribution is 2.47. The molecule has 0 radical (unpaired) electrons. The van der Waals surface area contributed by atoms with Gasteiger partial charge in [-0.2, -0.15) is 0 Å². The molecule has 3 aromatic carbocycles. The molecule has 3 nitrogen and oxygen atoms in total. The van der Waals surface area contributed by atoms with Crippen molar-refractivity contribution in [2.24, 2.45) is 0 Å². The lowest BCUT2D eigenvalue weighted by molar-refractivity contribution is -0.00299. The van der Waals surface area contributed by atoms with Crippen LogP contribution in [-0.2, 0) is 6.54 Å². The summed E-state index contributed by atoms with van der Waals surface area (Å²) in [7, 11) is 1.73. The lowest BCUT2D eigenvalue weighted by atomic mass is 9.77. The Bertz CT molecular complexity index is 1000. The summed E-state index contributed by atoms with van der Waals surface area (Å²) in [4.78, 5) is 0. The molecule has 1 aliphatic heterocycles. The van der Waals surface area contributed by atoms with Crippen LogP contribution in [0.1, 0.15) is 55.7 Å². The Morgan fingerprint density at radius 3 is 2.69 bits per heavy atom. The molecule has 1 fully saturated rings. The van der Waals surface area contributed by atoms with Gasteiger partial charge in [-0.25, -0.2) is 0 Å². The van der Waals surface area contributed by atoms with E-state index in [1.54, 1.807) is 7.11 Å². The highest BCUT2D eigenvalue weighted by atomic mass is 16.5. The Morgan fingerprint density at radius 2 is 1.83 bits per heavy atom. The van der Waals surface area contributed by atoms with Gasteiger partial charge >= 0.3 is 0 Å². The maximum absolute atomic E-state index is 6.62. The quantitative estimate of drug-likeness (QED) is 0.581. The molecule has 0 amide bonds. The Kier molecular flexibility index (Phi) is 4.92. The van der Waals surface area contributed by atoms with Crippen molar-refractivity contribution in [2.45, 2.75) is 56.7 Å². The number of rotatable bonds is 4. The predicted molar refractivity (Wildman–Crippen MR) is 118 cm³/mol. The van der Waals surface area contributed by atoms with Gasteiger partial charge < -0.3 is 14.8 Å². The number of hydrogen-bond acceptors (Lipinski definition) is 3. The number of benzene rings is 3. The highest BCUT2D eigenvalue weighted by molar-refractivity contribution is 5.85. The number of hydrogen-bond donors (Lipinski definition) is 1. The molecular formula is C26H29NO2. The Hall–Kier alpha value is -2.52. The minimum absolute atomic E-state index is 0.0176. The van der Waals surface area contributed by atoms with E-state index in [1.807, 2.05) is 6.07 Å². The van der Waals surface area contributed by atoms with Crippen molar-refractivity contribution in [3.63, 3.8) is 0 Å². The van der Waals surface area contributed by atoms with Crippen LogP contribution in [0.2, 0.25) is 0 Å². The normalized spacial score (nSPS) is 20.2. The van der Waals surface area contributed by atoms with E-state index in [2.05, 4.69) is 59.9 Å². The lowest BCUT2D eigenvalue weighted by Gasteiger charge is -2.45. The van der Waals surface area contributed by atoms with Crippen LogP contribution in [0.15, 0.2) is 60.7 Å². The lowest BCUT2D eigenvalue weighted by Crippen LogP contribution is -2.45. The number of ether oxygens (including phenoxy) is 2. The van der Waals surface area contributed by atoms with Crippen molar-refractivity contribution < 1.29 is 9.47 Å². The van der Waals surface area contributed by atoms with Crippen molar-refractivity contribution in [2.75, 3.05) is 7.11 Å². The van der Waals surface area contributed by atoms with Gasteiger partial charge in [0.25, 0.3) is 0 Å². The van der Waals surface area contributed by atoms with Crippen LogP contribution in [0.5, 0.6) is 11.5 Å². The van der Waals surface area contributed by atoms with Gasteiger partial charge in [-0.3, -0.25) is 0 Å². The van der Waals surface area contributed by atoms with Crippen LogP contribution >= 0.6 is 0 Å². The molecule has 1 atom stereocenters. The van der Waals surface area contributed by atoms with E-state index in [0.29, 0.717) is 0 Å². The summed E-state index contributed by atoms with van der Waals surface area (Å²) < 4.78 is 12.1. The van der Waals surface area contributed by atoms with E-state index >= 15 is 0 Å². The minimum Gasteiger partial charge on any atom is -0.497 e. The molecule has 3 heteroatoms. The largest absolute Gasteiger partial charge is 0.497 e. The van der Waals surface area contributed by atoms with Crippen LogP contribution < -0.4 is 14.8 Å². The summed E-state index contributed by atoms with van der Waals surface area (Å²) in [5, 5.41) is 6.50. The van der Waals surface area contributed by atoms with E-state index < -0.39 is 0 Å². The summed E-state index contributed by atoms with van der Waals surface area (Å²) in [5.41, 5.74) is 2.55. The van der Waals surface area contributed by atoms with Gasteiger partial charge in [0.2, 0.25) is 0 Å². The van der Waals surface area contributed by atoms with Gasteiger partial charge in [-0.05, 0) is 60.2 Å². The van der Waals surface area contributed by atoms with Crippen molar-refractivity contribution in [1.29, 1.82) is 0 Å². The third-order valence-corrected chi connectivity index (χ3v) is 6.68. The van der Waals surface area contributed by atoms with E-state index in [0.717, 1.165) is 37.3 Å². The molecule has 1 unspecified atom stereocenters. The zero-order chi connectivity index (χ0) is 19.7. The van der Waals surface area contributed by atoms with E-state index in [4.69, 9.17) is 9.47 Å². The SMILES string of the molecule is COc1ccc2c(c1)C(NCc1cccc3ccccc13)CC1(CCCCC1)O2. The van der Waals surface area contributed by atoms with Crippen molar-refractivity contribution >= 4 is 10.8 Å². The zero-order valence-electron chi connectivity index (χ0n) is 17.1. The van der Waals surface area contributed by atoms with Crippen LogP contribution in [0.4, 0.5) is 0 Å². The number of nitrogens with one attached hydrogen (secondary N) is 1. The van der Waals surface area contributed by atoms with Crippen LogP contribution in [0, 0.1) is 0 Å². The Labute approximate surface area is 173 Å². The second-order valence-electron chi connectivity index (χ2n) is 8.53. The fourth-order valence-corrected chi connectivity index (χ4v) is 5.14. The minimum atomic E-state index is -0.0176. The smallest absolute Gasteiger partial charge is 0.125 e. The summed E-state index contributed by atoms with van der Waals surface area (Å²) in [6, 6.07) is 21.7. The summed E-state index contributed by atoms with van der Waals surface area (Å²) in [6.07, 6.45) is 7.20. The summed E-state index contributed by atoms with van der Waals surface area (Å²) >= 11 is 0. The maximum atomic E-state index is 6.62. The molecule has 3 aromatic rings. The first kappa shape index (κ1) is 18.5. The molecule has 1 N–H and O–H groups in total. The molecule has 2 aliphatic rings. The third-order valence-electron chi connectivity index (χ3n) is 6.68. The molecule has 5 rings (SSSR count). The van der Waals surface area contributed by atoms with Gasteiger partial charge in [-0.1, -0.05) is 48.9 Å². The molecule has 1 saturated carbocycles. The van der Waals surface area contributed by atoms with Gasteiger partial charge in [0.15, 0.2) is 0 Å². The third kappa shape index (κ3) is 3.60. The van der Waals surface area contributed by atoms with E-state index in [9.17, 15) is 0 Å². The molecule has 1 aliphatic carbocycles. The molecule has 0 aromatic heterocycles. The standard InChI is InChI=1S/C26H29NO2/c1-28-21-12-13-25-23(16-21)24(17-26(29-25)14-5-2-6-15-26)27-18-20-10-7-9-19-8-3-4-11-22(19)20/h3-4,7-13,16,24,27H,2,5-6,14-15,17-18H2,1H3. The molecule has 1 spiro atoms. The molecule has 0 saturated heterocycles. The van der Waals surface area contributed by atoms with E-state index in [1.165, 1.54) is 41.2 Å². The van der Waals surface area contributed by atoms with Crippen molar-refractivity contribution in [3.8, 4) is 11.5 Å². The average molecular weight is 388 g/mol. The van der Waals surface area contributed by atoms with E-state index in [-0.39, 0.29) is 11.6 Å². The molecule has 1 heterocycles. The van der Waals surface area contributed by atoms with Crippen LogP contribution in [0.3, 0.4) is 0 Å². The van der Waals surface area contributed by atoms with Crippen molar-refractivity contribution in [1.82, 2.24) is 5.32 Å². The highest BCUT2D eigenvalue weighted by Gasteiger charge is 2.41. The summed E-state index contributed by atoms with van der Waals surface area (Å²) in [5.74, 6) is 1.92. The van der Waals surface area contributed by atoms with Crippen LogP contribution in [0.25, 0.3) is 10.8 Å². The maximum Gasteiger partial charge on any atom is 0.125 e. The first-order valence-electron chi connectivity index (χ1n) is 10.8. The van der Waals surface area contributed by atoms with Gasteiger partial charge in [-0.15, -0.1) is 0 Å². The first-order chi connectivity index (χ1) is 14.3. The Balaban J connectivity index is 1.46. The molecule has 150 valence electrons. The number of fused-ring (bicyclic) bond motifs is 2. The Morgan fingerprint density at radius 1 is 1.00 bits per heavy atom. The van der Waals surface area contributed by atoms with Gasteiger partial charge in [0.05, 0.1) is 7.11 Å². The van der Waals surface area contributed by atoms with Crippen molar-refractivity contribution in [3.05, 3.63) is 71.8 Å². The monoisotopic (exact) mass is 387 g/mol. The van der Waals surface area contributed by atoms with Crippen LogP contribution in [-0.4, -0.2) is 12.7 Å². The topological polar surface area (TPSA) is 30.5 Å². The molecular weight excluding hydrogens is 358 g/mol. The fraction of sp³-hybridized carbons (Fsp3) is 0.385. The fourth-order valence-electron chi connectivity index (χ4n) is 5.14.